The first-order valence-electron chi connectivity index (χ1n) is 10.8. The first-order valence-corrected chi connectivity index (χ1v) is 10.8. The summed E-state index contributed by atoms with van der Waals surface area (Å²) in [4.78, 5) is 0. The molecule has 0 aliphatic rings. The van der Waals surface area contributed by atoms with E-state index in [9.17, 15) is 0 Å². The Bertz CT molecular complexity index is 391. The van der Waals surface area contributed by atoms with Gasteiger partial charge in [0.2, 0.25) is 0 Å². The zero-order valence-electron chi connectivity index (χ0n) is 16.9. The van der Waals surface area contributed by atoms with Gasteiger partial charge in [0.05, 0.1) is 0 Å². The molecule has 0 saturated heterocycles. The molecule has 0 amide bonds. The van der Waals surface area contributed by atoms with Crippen LogP contribution in [0.25, 0.3) is 0 Å². The van der Waals surface area contributed by atoms with Crippen LogP contribution in [0.1, 0.15) is 109 Å². The van der Waals surface area contributed by atoms with E-state index >= 15 is 0 Å². The number of halogens is 1. The van der Waals surface area contributed by atoms with Crippen molar-refractivity contribution in [3.05, 3.63) is 30.1 Å². The Morgan fingerprint density at radius 1 is 0.640 bits per heavy atom. The van der Waals surface area contributed by atoms with Crippen molar-refractivity contribution in [1.29, 1.82) is 0 Å². The monoisotopic (exact) mass is 367 g/mol. The molecule has 1 aromatic heterocycles. The van der Waals surface area contributed by atoms with Crippen molar-refractivity contribution < 1.29 is 17.0 Å². The second kappa shape index (κ2) is 18.2. The lowest BCUT2D eigenvalue weighted by atomic mass is 10.0. The number of hydrogen-bond donors (Lipinski definition) is 0. The van der Waals surface area contributed by atoms with E-state index in [1.807, 2.05) is 0 Å². The summed E-state index contributed by atoms with van der Waals surface area (Å²) in [5.41, 5.74) is 1.38. The second-order valence-electron chi connectivity index (χ2n) is 7.49. The van der Waals surface area contributed by atoms with Crippen molar-refractivity contribution in [2.75, 3.05) is 0 Å². The largest absolute Gasteiger partial charge is 1.00 e. The third-order valence-electron chi connectivity index (χ3n) is 5.17. The number of aromatic nitrogens is 1. The molecule has 0 aromatic carbocycles. The fourth-order valence-electron chi connectivity index (χ4n) is 3.47. The van der Waals surface area contributed by atoms with Crippen molar-refractivity contribution in [3.63, 3.8) is 0 Å². The van der Waals surface area contributed by atoms with E-state index < -0.39 is 0 Å². The van der Waals surface area contributed by atoms with Gasteiger partial charge in [0.15, 0.2) is 11.9 Å². The Morgan fingerprint density at radius 3 is 1.52 bits per heavy atom. The SMILES string of the molecule is CCCCCCCCCCCCCCCCC[n+]1ccccc1C.[Cl-]. The third-order valence-corrected chi connectivity index (χ3v) is 5.17. The first-order chi connectivity index (χ1) is 11.8. The van der Waals surface area contributed by atoms with Gasteiger partial charge in [-0.1, -0.05) is 96.5 Å². The lowest BCUT2D eigenvalue weighted by Crippen LogP contribution is -3.00. The Morgan fingerprint density at radius 2 is 1.08 bits per heavy atom. The van der Waals surface area contributed by atoms with E-state index in [-0.39, 0.29) is 12.4 Å². The fraction of sp³-hybridized carbons (Fsp3) is 0.783. The molecule has 1 nitrogen and oxygen atoms in total. The maximum absolute atomic E-state index is 2.38. The summed E-state index contributed by atoms with van der Waals surface area (Å²) in [7, 11) is 0. The molecule has 0 fully saturated rings. The Balaban J connectivity index is 0.00000576. The van der Waals surface area contributed by atoms with Gasteiger partial charge in [-0.25, -0.2) is 4.57 Å². The molecule has 0 N–H and O–H groups in total. The quantitative estimate of drug-likeness (QED) is 0.305. The van der Waals surface area contributed by atoms with Crippen molar-refractivity contribution in [2.24, 2.45) is 0 Å². The van der Waals surface area contributed by atoms with Gasteiger partial charge in [0, 0.05) is 25.5 Å². The molecule has 0 saturated carbocycles. The molecule has 0 aliphatic heterocycles. The molecular formula is C23H42ClN. The topological polar surface area (TPSA) is 3.88 Å². The molecule has 2 heteroatoms. The maximum Gasteiger partial charge on any atom is 0.178 e. The Hall–Kier alpha value is -0.560. The lowest BCUT2D eigenvalue weighted by molar-refractivity contribution is -0.703. The summed E-state index contributed by atoms with van der Waals surface area (Å²) >= 11 is 0. The summed E-state index contributed by atoms with van der Waals surface area (Å²) in [5.74, 6) is 0. The molecule has 0 radical (unpaired) electrons. The highest BCUT2D eigenvalue weighted by molar-refractivity contribution is 4.93. The van der Waals surface area contributed by atoms with Crippen LogP contribution in [0.5, 0.6) is 0 Å². The number of aryl methyl sites for hydroxylation is 2. The van der Waals surface area contributed by atoms with Gasteiger partial charge in [0.1, 0.15) is 6.54 Å². The highest BCUT2D eigenvalue weighted by Crippen LogP contribution is 2.13. The zero-order chi connectivity index (χ0) is 17.3. The van der Waals surface area contributed by atoms with Gasteiger partial charge in [-0.2, -0.15) is 0 Å². The van der Waals surface area contributed by atoms with Crippen LogP contribution in [-0.4, -0.2) is 0 Å². The average molecular weight is 368 g/mol. The minimum Gasteiger partial charge on any atom is -1.00 e. The average Bonchev–Trinajstić information content (AvgIpc) is 2.60. The molecule has 0 atom stereocenters. The standard InChI is InChI=1S/C23H42N.ClH/c1-3-4-5-6-7-8-9-10-11-12-13-14-15-16-18-21-24-22-19-17-20-23(24)2;/h17,19-20,22H,3-16,18,21H2,1-2H3;1H/q+1;/p-1. The van der Waals surface area contributed by atoms with Gasteiger partial charge in [0.25, 0.3) is 0 Å². The number of nitrogens with zero attached hydrogens (tertiary/aromatic N) is 1. The van der Waals surface area contributed by atoms with Crippen LogP contribution >= 0.6 is 0 Å². The van der Waals surface area contributed by atoms with E-state index in [0.717, 1.165) is 0 Å². The van der Waals surface area contributed by atoms with E-state index in [0.29, 0.717) is 0 Å². The molecule has 25 heavy (non-hydrogen) atoms. The molecule has 0 aliphatic carbocycles. The van der Waals surface area contributed by atoms with Crippen LogP contribution < -0.4 is 17.0 Å². The molecule has 1 heterocycles. The summed E-state index contributed by atoms with van der Waals surface area (Å²) < 4.78 is 2.38. The summed E-state index contributed by atoms with van der Waals surface area (Å²) in [6.07, 6.45) is 23.8. The van der Waals surface area contributed by atoms with Crippen LogP contribution in [-0.2, 0) is 6.54 Å². The predicted molar refractivity (Wildman–Crippen MR) is 106 cm³/mol. The lowest BCUT2D eigenvalue weighted by Gasteiger charge is -2.03. The van der Waals surface area contributed by atoms with Crippen LogP contribution in [0.2, 0.25) is 0 Å². The maximum atomic E-state index is 2.38. The van der Waals surface area contributed by atoms with Gasteiger partial charge < -0.3 is 12.4 Å². The van der Waals surface area contributed by atoms with Crippen LogP contribution in [0.3, 0.4) is 0 Å². The van der Waals surface area contributed by atoms with Gasteiger partial charge in [-0.15, -0.1) is 0 Å². The van der Waals surface area contributed by atoms with E-state index in [1.165, 1.54) is 109 Å². The number of pyridine rings is 1. The second-order valence-corrected chi connectivity index (χ2v) is 7.49. The fourth-order valence-corrected chi connectivity index (χ4v) is 3.47. The van der Waals surface area contributed by atoms with Gasteiger partial charge in [-0.3, -0.25) is 0 Å². The van der Waals surface area contributed by atoms with Crippen LogP contribution in [0.15, 0.2) is 24.4 Å². The van der Waals surface area contributed by atoms with Crippen molar-refractivity contribution >= 4 is 0 Å². The smallest absolute Gasteiger partial charge is 0.178 e. The Kier molecular flexibility index (Phi) is 17.8. The highest BCUT2D eigenvalue weighted by Gasteiger charge is 2.03. The number of rotatable bonds is 16. The molecular weight excluding hydrogens is 326 g/mol. The molecule has 1 aromatic rings. The molecule has 0 bridgehead atoms. The molecule has 0 spiro atoms. The zero-order valence-corrected chi connectivity index (χ0v) is 17.7. The van der Waals surface area contributed by atoms with E-state index in [1.54, 1.807) is 0 Å². The third kappa shape index (κ3) is 14.3. The van der Waals surface area contributed by atoms with Gasteiger partial charge in [-0.05, 0) is 6.42 Å². The molecule has 146 valence electrons. The summed E-state index contributed by atoms with van der Waals surface area (Å²) in [6.45, 7) is 5.68. The molecule has 0 unspecified atom stereocenters. The van der Waals surface area contributed by atoms with E-state index in [4.69, 9.17) is 0 Å². The summed E-state index contributed by atoms with van der Waals surface area (Å²) in [6, 6.07) is 6.46. The normalized spacial score (nSPS) is 10.6. The van der Waals surface area contributed by atoms with Crippen molar-refractivity contribution in [1.82, 2.24) is 0 Å². The summed E-state index contributed by atoms with van der Waals surface area (Å²) in [5, 5.41) is 0. The van der Waals surface area contributed by atoms with Crippen LogP contribution in [0, 0.1) is 6.92 Å². The highest BCUT2D eigenvalue weighted by atomic mass is 35.5. The minimum absolute atomic E-state index is 0. The van der Waals surface area contributed by atoms with E-state index in [2.05, 4.69) is 42.8 Å². The predicted octanol–water partition coefficient (Wildman–Crippen LogP) is 4.16. The van der Waals surface area contributed by atoms with Crippen molar-refractivity contribution in [3.8, 4) is 0 Å². The number of unbranched alkanes of at least 4 members (excludes halogenated alkanes) is 14. The van der Waals surface area contributed by atoms with Crippen molar-refractivity contribution in [2.45, 2.75) is 117 Å². The Labute approximate surface area is 164 Å². The number of hydrogen-bond acceptors (Lipinski definition) is 0. The molecule has 1 rings (SSSR count). The minimum atomic E-state index is 0. The first kappa shape index (κ1) is 24.4. The van der Waals surface area contributed by atoms with Gasteiger partial charge >= 0.3 is 0 Å². The van der Waals surface area contributed by atoms with Crippen LogP contribution in [0.4, 0.5) is 0 Å².